The number of thiophene rings is 1. The number of thiazole rings is 1. The van der Waals surface area contributed by atoms with Gasteiger partial charge >= 0.3 is 0 Å². The number of hydrogen-bond donors (Lipinski definition) is 2. The molecule has 2 rings (SSSR count). The van der Waals surface area contributed by atoms with E-state index in [1.807, 2.05) is 13.0 Å². The van der Waals surface area contributed by atoms with E-state index >= 15 is 0 Å². The van der Waals surface area contributed by atoms with Gasteiger partial charge in [0.1, 0.15) is 4.83 Å². The van der Waals surface area contributed by atoms with Crippen LogP contribution in [0, 0.1) is 0 Å². The second kappa shape index (κ2) is 10.3. The van der Waals surface area contributed by atoms with E-state index in [0.29, 0.717) is 6.54 Å². The molecule has 9 heteroatoms. The summed E-state index contributed by atoms with van der Waals surface area (Å²) in [5, 5.41) is 3.93. The molecule has 23 heavy (non-hydrogen) atoms. The fourth-order valence-corrected chi connectivity index (χ4v) is 4.22. The number of nitrogens with two attached hydrogens (primary N) is 1. The van der Waals surface area contributed by atoms with Crippen LogP contribution in [0.3, 0.4) is 0 Å². The molecule has 0 aromatic carbocycles. The summed E-state index contributed by atoms with van der Waals surface area (Å²) in [6.45, 7) is 8.68. The van der Waals surface area contributed by atoms with E-state index in [9.17, 15) is 4.79 Å². The molecule has 0 fully saturated rings. The van der Waals surface area contributed by atoms with Crippen LogP contribution in [-0.2, 0) is 0 Å². The van der Waals surface area contributed by atoms with Gasteiger partial charge in [-0.3, -0.25) is 4.79 Å². The summed E-state index contributed by atoms with van der Waals surface area (Å²) in [5.41, 5.74) is 5.67. The summed E-state index contributed by atoms with van der Waals surface area (Å²) in [6, 6.07) is 2.04. The third-order valence-corrected chi connectivity index (χ3v) is 5.44. The zero-order valence-electron chi connectivity index (χ0n) is 13.5. The molecule has 0 aliphatic rings. The number of anilines is 1. The molecular formula is C14H24Cl2N4OS2. The Morgan fingerprint density at radius 1 is 1.35 bits per heavy atom. The molecule has 0 aliphatic carbocycles. The quantitative estimate of drug-likeness (QED) is 0.748. The van der Waals surface area contributed by atoms with Gasteiger partial charge in [-0.1, -0.05) is 11.3 Å². The van der Waals surface area contributed by atoms with E-state index in [1.165, 1.54) is 11.3 Å². The lowest BCUT2D eigenvalue weighted by Gasteiger charge is -2.16. The van der Waals surface area contributed by atoms with Crippen molar-refractivity contribution in [2.24, 2.45) is 5.73 Å². The Hall–Kier alpha value is -0.600. The Morgan fingerprint density at radius 3 is 2.52 bits per heavy atom. The maximum Gasteiger partial charge on any atom is 0.261 e. The second-order valence-electron chi connectivity index (χ2n) is 4.97. The lowest BCUT2D eigenvalue weighted by molar-refractivity contribution is 0.0957. The Balaban J connectivity index is 0.00000242. The van der Waals surface area contributed by atoms with Crippen LogP contribution in [0.2, 0.25) is 0 Å². The van der Waals surface area contributed by atoms with Crippen LogP contribution in [0.25, 0.3) is 9.53 Å². The summed E-state index contributed by atoms with van der Waals surface area (Å²) in [6.07, 6.45) is 0.788. The smallest absolute Gasteiger partial charge is 0.261 e. The Bertz CT molecular complexity index is 579. The molecule has 0 radical (unpaired) electrons. The lowest BCUT2D eigenvalue weighted by atomic mass is 10.2. The number of fused-ring (bicyclic) bond motifs is 1. The van der Waals surface area contributed by atoms with E-state index in [-0.39, 0.29) is 36.8 Å². The van der Waals surface area contributed by atoms with E-state index in [2.05, 4.69) is 29.0 Å². The fourth-order valence-electron chi connectivity index (χ4n) is 1.97. The van der Waals surface area contributed by atoms with Crippen LogP contribution in [0.5, 0.6) is 0 Å². The summed E-state index contributed by atoms with van der Waals surface area (Å²) in [7, 11) is 0. The lowest BCUT2D eigenvalue weighted by Crippen LogP contribution is -2.28. The van der Waals surface area contributed by atoms with E-state index in [1.54, 1.807) is 11.3 Å². The van der Waals surface area contributed by atoms with Crippen LogP contribution in [0.15, 0.2) is 6.07 Å². The van der Waals surface area contributed by atoms with Crippen LogP contribution < -0.4 is 16.0 Å². The first-order chi connectivity index (χ1) is 10.0. The van der Waals surface area contributed by atoms with Crippen LogP contribution in [0.4, 0.5) is 5.13 Å². The fraction of sp³-hybridized carbons (Fsp3) is 0.571. The van der Waals surface area contributed by atoms with Gasteiger partial charge in [-0.05, 0) is 33.3 Å². The number of hydrogen-bond acceptors (Lipinski definition) is 6. The van der Waals surface area contributed by atoms with Crippen molar-refractivity contribution in [3.8, 4) is 0 Å². The number of rotatable bonds is 7. The van der Waals surface area contributed by atoms with Crippen LogP contribution in [-0.4, -0.2) is 36.6 Å². The van der Waals surface area contributed by atoms with Crippen LogP contribution >= 0.6 is 47.5 Å². The minimum Gasteiger partial charge on any atom is -0.351 e. The molecular weight excluding hydrogens is 375 g/mol. The molecule has 0 saturated carbocycles. The zero-order valence-corrected chi connectivity index (χ0v) is 16.8. The average molecular weight is 399 g/mol. The van der Waals surface area contributed by atoms with Gasteiger partial charge in [-0.25, -0.2) is 4.98 Å². The molecule has 0 saturated heterocycles. The van der Waals surface area contributed by atoms with Crippen molar-refractivity contribution in [2.45, 2.75) is 33.2 Å². The Kier molecular flexibility index (Phi) is 10.0. The van der Waals surface area contributed by atoms with E-state index in [4.69, 9.17) is 5.73 Å². The van der Waals surface area contributed by atoms with Crippen molar-refractivity contribution < 1.29 is 4.79 Å². The van der Waals surface area contributed by atoms with Crippen LogP contribution in [0.1, 0.15) is 36.9 Å². The highest BCUT2D eigenvalue weighted by atomic mass is 35.5. The maximum atomic E-state index is 12.0. The van der Waals surface area contributed by atoms with Gasteiger partial charge in [-0.2, -0.15) is 0 Å². The maximum absolute atomic E-state index is 12.0. The molecule has 132 valence electrons. The second-order valence-corrected chi connectivity index (χ2v) is 7.01. The molecule has 0 bridgehead atoms. The minimum atomic E-state index is -0.0322. The molecule has 1 unspecified atom stereocenters. The van der Waals surface area contributed by atoms with Crippen molar-refractivity contribution in [3.05, 3.63) is 10.9 Å². The molecule has 1 atom stereocenters. The molecule has 2 heterocycles. The van der Waals surface area contributed by atoms with Gasteiger partial charge in [-0.15, -0.1) is 36.2 Å². The Morgan fingerprint density at radius 2 is 2.00 bits per heavy atom. The first-order valence-electron chi connectivity index (χ1n) is 7.24. The number of aromatic nitrogens is 1. The average Bonchev–Trinajstić information content (AvgIpc) is 2.98. The highest BCUT2D eigenvalue weighted by molar-refractivity contribution is 7.29. The number of carbonyl (C=O) groups excluding carboxylic acids is 1. The minimum absolute atomic E-state index is 0. The molecule has 0 spiro atoms. The number of carbonyl (C=O) groups is 1. The van der Waals surface area contributed by atoms with Gasteiger partial charge in [0.25, 0.3) is 5.91 Å². The summed E-state index contributed by atoms with van der Waals surface area (Å²) in [5.74, 6) is -0.0322. The first-order valence-corrected chi connectivity index (χ1v) is 8.87. The van der Waals surface area contributed by atoms with Gasteiger partial charge < -0.3 is 16.0 Å². The third-order valence-electron chi connectivity index (χ3n) is 3.22. The summed E-state index contributed by atoms with van der Waals surface area (Å²) < 4.78 is 1.08. The Labute approximate surface area is 157 Å². The van der Waals surface area contributed by atoms with Gasteiger partial charge in [0, 0.05) is 25.7 Å². The molecule has 3 N–H and O–H groups in total. The molecule has 2 aromatic rings. The summed E-state index contributed by atoms with van der Waals surface area (Å²) >= 11 is 3.10. The van der Waals surface area contributed by atoms with Crippen molar-refractivity contribution in [3.63, 3.8) is 0 Å². The summed E-state index contributed by atoms with van der Waals surface area (Å²) in [4.78, 5) is 20.6. The van der Waals surface area contributed by atoms with Crippen molar-refractivity contribution in [1.82, 2.24) is 10.3 Å². The third kappa shape index (κ3) is 5.76. The van der Waals surface area contributed by atoms with Gasteiger partial charge in [0.2, 0.25) is 0 Å². The van der Waals surface area contributed by atoms with Crippen molar-refractivity contribution >= 4 is 68.1 Å². The highest BCUT2D eigenvalue weighted by Crippen LogP contribution is 2.34. The predicted octanol–water partition coefficient (Wildman–Crippen LogP) is 3.51. The zero-order chi connectivity index (χ0) is 15.4. The van der Waals surface area contributed by atoms with Crippen molar-refractivity contribution in [1.29, 1.82) is 0 Å². The normalized spacial score (nSPS) is 11.5. The highest BCUT2D eigenvalue weighted by Gasteiger charge is 2.15. The van der Waals surface area contributed by atoms with E-state index < -0.39 is 0 Å². The topological polar surface area (TPSA) is 71.2 Å². The number of nitrogens with zero attached hydrogens (tertiary/aromatic N) is 2. The van der Waals surface area contributed by atoms with Gasteiger partial charge in [0.15, 0.2) is 5.13 Å². The molecule has 5 nitrogen and oxygen atoms in total. The van der Waals surface area contributed by atoms with E-state index in [0.717, 1.165) is 39.0 Å². The first kappa shape index (κ1) is 22.4. The molecule has 1 amide bonds. The largest absolute Gasteiger partial charge is 0.351 e. The number of halogens is 2. The van der Waals surface area contributed by atoms with Gasteiger partial charge in [0.05, 0.1) is 9.58 Å². The SMILES string of the molecule is CCN(CC)c1nc2sc(C(=O)NCCC(C)N)cc2s1.Cl.Cl. The number of amides is 1. The molecule has 2 aromatic heterocycles. The van der Waals surface area contributed by atoms with Crippen molar-refractivity contribution in [2.75, 3.05) is 24.5 Å². The molecule has 0 aliphatic heterocycles. The predicted molar refractivity (Wildman–Crippen MR) is 106 cm³/mol. The standard InChI is InChI=1S/C14H22N4OS2.2ClH/c1-4-18(5-2)14-17-13-11(21-14)8-10(20-13)12(19)16-7-6-9(3)15;;/h8-9H,4-7,15H2,1-3H3,(H,16,19);2*1H. The monoisotopic (exact) mass is 398 g/mol. The number of nitrogens with one attached hydrogen (secondary N) is 1.